The molecule has 3 aromatic rings. The van der Waals surface area contributed by atoms with Gasteiger partial charge in [0.15, 0.2) is 5.17 Å². The second-order valence-corrected chi connectivity index (χ2v) is 10.1. The fourth-order valence-electron chi connectivity index (χ4n) is 4.25. The highest BCUT2D eigenvalue weighted by Gasteiger charge is 2.40. The molecule has 0 aromatic heterocycles. The molecule has 0 radical (unpaired) electrons. The van der Waals surface area contributed by atoms with Gasteiger partial charge in [-0.3, -0.25) is 0 Å². The van der Waals surface area contributed by atoms with E-state index in [1.165, 1.54) is 32.9 Å². The summed E-state index contributed by atoms with van der Waals surface area (Å²) in [5.74, 6) is 0.956. The molecular formula is C25H17BrN2S2. The van der Waals surface area contributed by atoms with Gasteiger partial charge in [-0.2, -0.15) is 0 Å². The molecule has 0 N–H and O–H groups in total. The molecule has 0 bridgehead atoms. The Labute approximate surface area is 192 Å². The first-order valence-electron chi connectivity index (χ1n) is 9.80. The van der Waals surface area contributed by atoms with E-state index in [-0.39, 0.29) is 6.04 Å². The van der Waals surface area contributed by atoms with Gasteiger partial charge < -0.3 is 4.90 Å². The number of aliphatic imine (C=N–C) groups is 1. The van der Waals surface area contributed by atoms with Crippen molar-refractivity contribution in [1.82, 2.24) is 4.90 Å². The SMILES string of the molecule is Brc1ccc(C2=CSC3=NC4=C(CSc5ccccc54)C(c4ccccc4)N23)cc1. The van der Waals surface area contributed by atoms with Gasteiger partial charge in [-0.25, -0.2) is 4.99 Å². The highest BCUT2D eigenvalue weighted by atomic mass is 79.9. The largest absolute Gasteiger partial charge is 0.308 e. The summed E-state index contributed by atoms with van der Waals surface area (Å²) >= 11 is 7.20. The van der Waals surface area contributed by atoms with Crippen LogP contribution in [0.25, 0.3) is 11.4 Å². The maximum atomic E-state index is 5.19. The van der Waals surface area contributed by atoms with E-state index in [2.05, 4.69) is 105 Å². The quantitative estimate of drug-likeness (QED) is 0.373. The third-order valence-corrected chi connectivity index (χ3v) is 8.11. The second-order valence-electron chi connectivity index (χ2n) is 7.36. The topological polar surface area (TPSA) is 15.6 Å². The molecule has 1 unspecified atom stereocenters. The van der Waals surface area contributed by atoms with Gasteiger partial charge in [0.1, 0.15) is 0 Å². The normalized spacial score (nSPS) is 19.6. The van der Waals surface area contributed by atoms with Gasteiger partial charge in [-0.05, 0) is 34.9 Å². The van der Waals surface area contributed by atoms with Gasteiger partial charge in [0.25, 0.3) is 0 Å². The summed E-state index contributed by atoms with van der Waals surface area (Å²) in [7, 11) is 0. The number of benzene rings is 3. The number of hydrogen-bond acceptors (Lipinski definition) is 4. The summed E-state index contributed by atoms with van der Waals surface area (Å²) in [4.78, 5) is 8.94. The van der Waals surface area contributed by atoms with Crippen molar-refractivity contribution in [3.63, 3.8) is 0 Å². The third kappa shape index (κ3) is 2.99. The van der Waals surface area contributed by atoms with Gasteiger partial charge in [-0.1, -0.05) is 88.4 Å². The first kappa shape index (κ1) is 18.6. The number of amidine groups is 1. The van der Waals surface area contributed by atoms with Gasteiger partial charge in [-0.15, -0.1) is 11.8 Å². The zero-order valence-electron chi connectivity index (χ0n) is 16.0. The smallest absolute Gasteiger partial charge is 0.174 e. The average Bonchev–Trinajstić information content (AvgIpc) is 3.22. The van der Waals surface area contributed by atoms with E-state index in [1.54, 1.807) is 11.8 Å². The molecule has 0 saturated carbocycles. The number of rotatable bonds is 2. The van der Waals surface area contributed by atoms with Crippen molar-refractivity contribution >= 4 is 56.0 Å². The molecule has 0 saturated heterocycles. The maximum absolute atomic E-state index is 5.19. The van der Waals surface area contributed by atoms with Crippen molar-refractivity contribution in [2.75, 3.05) is 5.75 Å². The molecule has 0 amide bonds. The lowest BCUT2D eigenvalue weighted by atomic mass is 9.92. The number of nitrogens with zero attached hydrogens (tertiary/aromatic N) is 2. The van der Waals surface area contributed by atoms with Crippen LogP contribution < -0.4 is 0 Å². The van der Waals surface area contributed by atoms with Crippen LogP contribution in [0.4, 0.5) is 0 Å². The minimum atomic E-state index is 0.152. The Balaban J connectivity index is 1.53. The molecule has 3 aromatic carbocycles. The molecule has 3 aliphatic heterocycles. The van der Waals surface area contributed by atoms with Crippen molar-refractivity contribution in [2.24, 2.45) is 4.99 Å². The lowest BCUT2D eigenvalue weighted by Crippen LogP contribution is -2.34. The Morgan fingerprint density at radius 1 is 0.900 bits per heavy atom. The van der Waals surface area contributed by atoms with Gasteiger partial charge in [0.05, 0.1) is 17.4 Å². The second kappa shape index (κ2) is 7.49. The van der Waals surface area contributed by atoms with Crippen molar-refractivity contribution in [1.29, 1.82) is 0 Å². The molecule has 0 spiro atoms. The first-order chi connectivity index (χ1) is 14.8. The van der Waals surface area contributed by atoms with E-state index >= 15 is 0 Å². The molecule has 5 heteroatoms. The van der Waals surface area contributed by atoms with Crippen molar-refractivity contribution in [3.8, 4) is 0 Å². The van der Waals surface area contributed by atoms with Crippen LogP contribution in [0.1, 0.15) is 22.7 Å². The Kier molecular flexibility index (Phi) is 4.63. The van der Waals surface area contributed by atoms with Crippen molar-refractivity contribution in [3.05, 3.63) is 111 Å². The van der Waals surface area contributed by atoms with Crippen molar-refractivity contribution in [2.45, 2.75) is 10.9 Å². The Bertz CT molecular complexity index is 1230. The summed E-state index contributed by atoms with van der Waals surface area (Å²) in [5, 5.41) is 3.30. The van der Waals surface area contributed by atoms with Crippen LogP contribution in [-0.4, -0.2) is 15.8 Å². The molecule has 0 fully saturated rings. The zero-order chi connectivity index (χ0) is 20.1. The molecule has 6 rings (SSSR count). The standard InChI is InChI=1S/C25H17BrN2S2/c26-18-12-10-16(11-13-18)21-15-30-25-27-23-19-8-4-5-9-22(19)29-14-20(23)24(28(21)25)17-6-2-1-3-7-17/h1-13,15,24H,14H2. The van der Waals surface area contributed by atoms with Crippen LogP contribution in [0.5, 0.6) is 0 Å². The highest BCUT2D eigenvalue weighted by molar-refractivity contribution is 9.10. The van der Waals surface area contributed by atoms with E-state index in [4.69, 9.17) is 4.99 Å². The predicted octanol–water partition coefficient (Wildman–Crippen LogP) is 7.42. The number of thioether (sulfide) groups is 2. The predicted molar refractivity (Wildman–Crippen MR) is 132 cm³/mol. The van der Waals surface area contributed by atoms with Crippen LogP contribution in [0.2, 0.25) is 0 Å². The molecule has 2 nitrogen and oxygen atoms in total. The van der Waals surface area contributed by atoms with E-state index in [0.717, 1.165) is 21.1 Å². The minimum Gasteiger partial charge on any atom is -0.308 e. The Morgan fingerprint density at radius 3 is 2.50 bits per heavy atom. The van der Waals surface area contributed by atoms with Crippen LogP contribution in [0.3, 0.4) is 0 Å². The molecular weight excluding hydrogens is 472 g/mol. The van der Waals surface area contributed by atoms with Gasteiger partial charge in [0, 0.05) is 26.1 Å². The maximum Gasteiger partial charge on any atom is 0.174 e. The average molecular weight is 489 g/mol. The molecule has 30 heavy (non-hydrogen) atoms. The van der Waals surface area contributed by atoms with Gasteiger partial charge in [0.2, 0.25) is 0 Å². The molecule has 3 heterocycles. The van der Waals surface area contributed by atoms with Crippen LogP contribution >= 0.6 is 39.5 Å². The number of hydrogen-bond donors (Lipinski definition) is 0. The van der Waals surface area contributed by atoms with Crippen LogP contribution in [0.15, 0.2) is 104 Å². The Hall–Kier alpha value is -2.21. The van der Waals surface area contributed by atoms with E-state index in [9.17, 15) is 0 Å². The highest BCUT2D eigenvalue weighted by Crippen LogP contribution is 2.52. The summed E-state index contributed by atoms with van der Waals surface area (Å²) in [6.45, 7) is 0. The number of fused-ring (bicyclic) bond motifs is 3. The first-order valence-corrected chi connectivity index (χ1v) is 12.5. The minimum absolute atomic E-state index is 0.152. The summed E-state index contributed by atoms with van der Waals surface area (Å²) in [6.07, 6.45) is 0. The fraction of sp³-hybridized carbons (Fsp3) is 0.0800. The Morgan fingerprint density at radius 2 is 1.67 bits per heavy atom. The molecule has 1 atom stereocenters. The van der Waals surface area contributed by atoms with Crippen LogP contribution in [-0.2, 0) is 0 Å². The molecule has 146 valence electrons. The van der Waals surface area contributed by atoms with Crippen LogP contribution in [0, 0.1) is 0 Å². The van der Waals surface area contributed by atoms with E-state index < -0.39 is 0 Å². The summed E-state index contributed by atoms with van der Waals surface area (Å²) < 4.78 is 1.09. The van der Waals surface area contributed by atoms with Gasteiger partial charge >= 0.3 is 0 Å². The number of halogens is 1. The monoisotopic (exact) mass is 488 g/mol. The van der Waals surface area contributed by atoms with E-state index in [1.807, 2.05) is 11.8 Å². The molecule has 3 aliphatic rings. The summed E-state index contributed by atoms with van der Waals surface area (Å²) in [5.41, 5.74) is 7.54. The third-order valence-electron chi connectivity index (χ3n) is 5.62. The lowest BCUT2D eigenvalue weighted by molar-refractivity contribution is 0.490. The fourth-order valence-corrected chi connectivity index (χ4v) is 6.54. The molecule has 0 aliphatic carbocycles. The summed E-state index contributed by atoms with van der Waals surface area (Å²) in [6, 6.07) is 28.2. The lowest BCUT2D eigenvalue weighted by Gasteiger charge is -2.39. The van der Waals surface area contributed by atoms with E-state index in [0.29, 0.717) is 0 Å². The van der Waals surface area contributed by atoms with Crippen molar-refractivity contribution < 1.29 is 0 Å². The zero-order valence-corrected chi connectivity index (χ0v) is 19.2.